The highest BCUT2D eigenvalue weighted by Gasteiger charge is 2.23. The molecular formula is C18H23N3O2. The van der Waals surface area contributed by atoms with E-state index in [1.165, 1.54) is 18.9 Å². The molecule has 1 amide bonds. The van der Waals surface area contributed by atoms with Crippen LogP contribution in [0, 0.1) is 12.8 Å². The van der Waals surface area contributed by atoms with Crippen molar-refractivity contribution in [3.05, 3.63) is 54.3 Å². The van der Waals surface area contributed by atoms with E-state index in [0.29, 0.717) is 19.5 Å². The molecule has 2 aromatic rings. The van der Waals surface area contributed by atoms with Gasteiger partial charge in [-0.25, -0.2) is 0 Å². The van der Waals surface area contributed by atoms with Crippen molar-refractivity contribution in [3.8, 4) is 0 Å². The standard InChI is InChI=1S/C18H23N3O2/c1-3-18(22)20(11-9-17-7-4-14(2)23-17)13-16-8-10-19-21(16)12-15-5-6-15/h3-4,7-8,10,15H,1,5-6,9,11-13H2,2H3. The molecule has 0 aliphatic heterocycles. The van der Waals surface area contributed by atoms with Crippen molar-refractivity contribution in [3.63, 3.8) is 0 Å². The summed E-state index contributed by atoms with van der Waals surface area (Å²) in [6.07, 6.45) is 6.45. The Morgan fingerprint density at radius 2 is 2.30 bits per heavy atom. The van der Waals surface area contributed by atoms with E-state index in [9.17, 15) is 4.79 Å². The van der Waals surface area contributed by atoms with Crippen LogP contribution in [0.5, 0.6) is 0 Å². The third kappa shape index (κ3) is 4.12. The van der Waals surface area contributed by atoms with Crippen molar-refractivity contribution >= 4 is 5.91 Å². The van der Waals surface area contributed by atoms with E-state index < -0.39 is 0 Å². The predicted octanol–water partition coefficient (Wildman–Crippen LogP) is 2.95. The lowest BCUT2D eigenvalue weighted by Crippen LogP contribution is -2.32. The highest BCUT2D eigenvalue weighted by atomic mass is 16.3. The van der Waals surface area contributed by atoms with Crippen molar-refractivity contribution in [1.82, 2.24) is 14.7 Å². The highest BCUT2D eigenvalue weighted by molar-refractivity contribution is 5.86. The Labute approximate surface area is 136 Å². The molecule has 1 fully saturated rings. The zero-order valence-corrected chi connectivity index (χ0v) is 13.6. The first-order valence-corrected chi connectivity index (χ1v) is 8.13. The number of hydrogen-bond donors (Lipinski definition) is 0. The molecule has 5 nitrogen and oxygen atoms in total. The first-order valence-electron chi connectivity index (χ1n) is 8.13. The molecule has 0 aromatic carbocycles. The van der Waals surface area contributed by atoms with Crippen LogP contribution in [0.3, 0.4) is 0 Å². The van der Waals surface area contributed by atoms with Gasteiger partial charge in [-0.2, -0.15) is 5.10 Å². The molecule has 1 saturated carbocycles. The van der Waals surface area contributed by atoms with Gasteiger partial charge in [0, 0.05) is 25.7 Å². The highest BCUT2D eigenvalue weighted by Crippen LogP contribution is 2.30. The topological polar surface area (TPSA) is 51.3 Å². The van der Waals surface area contributed by atoms with Gasteiger partial charge in [0.2, 0.25) is 5.91 Å². The molecule has 23 heavy (non-hydrogen) atoms. The Balaban J connectivity index is 1.65. The zero-order valence-electron chi connectivity index (χ0n) is 13.6. The summed E-state index contributed by atoms with van der Waals surface area (Å²) in [5, 5.41) is 4.39. The fraction of sp³-hybridized carbons (Fsp3) is 0.444. The van der Waals surface area contributed by atoms with Gasteiger partial charge in [-0.15, -0.1) is 0 Å². The normalized spacial score (nSPS) is 14.0. The lowest BCUT2D eigenvalue weighted by atomic mass is 10.2. The number of aryl methyl sites for hydroxylation is 1. The second-order valence-electron chi connectivity index (χ2n) is 6.17. The van der Waals surface area contributed by atoms with Gasteiger partial charge in [-0.1, -0.05) is 6.58 Å². The van der Waals surface area contributed by atoms with E-state index in [1.807, 2.05) is 36.0 Å². The van der Waals surface area contributed by atoms with Gasteiger partial charge in [0.05, 0.1) is 12.2 Å². The second kappa shape index (κ2) is 6.86. The molecule has 0 N–H and O–H groups in total. The maximum absolute atomic E-state index is 12.2. The monoisotopic (exact) mass is 313 g/mol. The zero-order chi connectivity index (χ0) is 16.2. The SMILES string of the molecule is C=CC(=O)N(CCc1ccc(C)o1)Cc1ccnn1CC1CC1. The van der Waals surface area contributed by atoms with Gasteiger partial charge in [-0.3, -0.25) is 9.48 Å². The van der Waals surface area contributed by atoms with Crippen molar-refractivity contribution in [2.75, 3.05) is 6.54 Å². The molecule has 0 saturated heterocycles. The number of hydrogen-bond acceptors (Lipinski definition) is 3. The molecule has 2 heterocycles. The Morgan fingerprint density at radius 3 is 2.96 bits per heavy atom. The van der Waals surface area contributed by atoms with Crippen LogP contribution in [0.1, 0.15) is 30.1 Å². The van der Waals surface area contributed by atoms with Crippen LogP contribution in [0.15, 0.2) is 41.5 Å². The fourth-order valence-corrected chi connectivity index (χ4v) is 2.66. The lowest BCUT2D eigenvalue weighted by molar-refractivity contribution is -0.126. The van der Waals surface area contributed by atoms with Crippen molar-refractivity contribution < 1.29 is 9.21 Å². The third-order valence-electron chi connectivity index (χ3n) is 4.20. The third-order valence-corrected chi connectivity index (χ3v) is 4.20. The molecule has 1 aliphatic carbocycles. The maximum Gasteiger partial charge on any atom is 0.246 e. The Morgan fingerprint density at radius 1 is 1.48 bits per heavy atom. The van der Waals surface area contributed by atoms with Gasteiger partial charge in [-0.05, 0) is 50.0 Å². The minimum absolute atomic E-state index is 0.0625. The molecule has 5 heteroatoms. The van der Waals surface area contributed by atoms with Crippen LogP contribution in [-0.2, 0) is 24.3 Å². The molecule has 2 aromatic heterocycles. The summed E-state index contributed by atoms with van der Waals surface area (Å²) in [6.45, 7) is 7.65. The molecule has 1 aliphatic rings. The molecular weight excluding hydrogens is 290 g/mol. The Kier molecular flexibility index (Phi) is 4.65. The second-order valence-corrected chi connectivity index (χ2v) is 6.17. The first-order chi connectivity index (χ1) is 11.2. The summed E-state index contributed by atoms with van der Waals surface area (Å²) < 4.78 is 7.61. The molecule has 3 rings (SSSR count). The van der Waals surface area contributed by atoms with Gasteiger partial charge >= 0.3 is 0 Å². The number of amides is 1. The van der Waals surface area contributed by atoms with E-state index in [2.05, 4.69) is 11.7 Å². The number of carbonyl (C=O) groups excluding carboxylic acids is 1. The average Bonchev–Trinajstić information content (AvgIpc) is 3.10. The maximum atomic E-state index is 12.2. The van der Waals surface area contributed by atoms with Crippen LogP contribution in [0.25, 0.3) is 0 Å². The van der Waals surface area contributed by atoms with Gasteiger partial charge in [0.25, 0.3) is 0 Å². The minimum Gasteiger partial charge on any atom is -0.466 e. The van der Waals surface area contributed by atoms with Crippen molar-refractivity contribution in [1.29, 1.82) is 0 Å². The molecule has 0 atom stereocenters. The average molecular weight is 313 g/mol. The summed E-state index contributed by atoms with van der Waals surface area (Å²) in [5.41, 5.74) is 1.07. The van der Waals surface area contributed by atoms with Crippen LogP contribution in [0.2, 0.25) is 0 Å². The molecule has 0 radical (unpaired) electrons. The Bertz CT molecular complexity index is 682. The van der Waals surface area contributed by atoms with E-state index >= 15 is 0 Å². The lowest BCUT2D eigenvalue weighted by Gasteiger charge is -2.21. The molecule has 0 unspecified atom stereocenters. The molecule has 0 spiro atoms. The van der Waals surface area contributed by atoms with Crippen LogP contribution >= 0.6 is 0 Å². The predicted molar refractivity (Wildman–Crippen MR) is 87.7 cm³/mol. The summed E-state index contributed by atoms with van der Waals surface area (Å²) in [7, 11) is 0. The number of furan rings is 1. The van der Waals surface area contributed by atoms with Crippen LogP contribution in [-0.4, -0.2) is 27.1 Å². The van der Waals surface area contributed by atoms with E-state index in [1.54, 1.807) is 4.90 Å². The fourth-order valence-electron chi connectivity index (χ4n) is 2.66. The van der Waals surface area contributed by atoms with Gasteiger partial charge < -0.3 is 9.32 Å². The number of nitrogens with zero attached hydrogens (tertiary/aromatic N) is 3. The van der Waals surface area contributed by atoms with E-state index in [0.717, 1.165) is 29.7 Å². The summed E-state index contributed by atoms with van der Waals surface area (Å²) in [5.74, 6) is 2.48. The largest absolute Gasteiger partial charge is 0.466 e. The quantitative estimate of drug-likeness (QED) is 0.704. The van der Waals surface area contributed by atoms with Gasteiger partial charge in [0.15, 0.2) is 0 Å². The summed E-state index contributed by atoms with van der Waals surface area (Å²) in [6, 6.07) is 5.89. The van der Waals surface area contributed by atoms with Crippen molar-refractivity contribution in [2.45, 2.75) is 39.3 Å². The molecule has 122 valence electrons. The summed E-state index contributed by atoms with van der Waals surface area (Å²) >= 11 is 0. The minimum atomic E-state index is -0.0625. The number of rotatable bonds is 8. The number of aromatic nitrogens is 2. The number of carbonyl (C=O) groups is 1. The Hall–Kier alpha value is -2.30. The van der Waals surface area contributed by atoms with Crippen molar-refractivity contribution in [2.24, 2.45) is 5.92 Å². The van der Waals surface area contributed by atoms with E-state index in [4.69, 9.17) is 4.42 Å². The molecule has 0 bridgehead atoms. The first kappa shape index (κ1) is 15.6. The van der Waals surface area contributed by atoms with E-state index in [-0.39, 0.29) is 5.91 Å². The smallest absolute Gasteiger partial charge is 0.246 e. The van der Waals surface area contributed by atoms with Gasteiger partial charge in [0.1, 0.15) is 11.5 Å². The summed E-state index contributed by atoms with van der Waals surface area (Å²) in [4.78, 5) is 14.0. The van der Waals surface area contributed by atoms with Crippen LogP contribution in [0.4, 0.5) is 0 Å². The van der Waals surface area contributed by atoms with Crippen LogP contribution < -0.4 is 0 Å².